The fraction of sp³-hybridized carbons (Fsp3) is 0.240. The van der Waals surface area contributed by atoms with Gasteiger partial charge in [0, 0.05) is 32.0 Å². The molecule has 4 aromatic rings. The number of nitrogens with zero attached hydrogens (tertiary/aromatic N) is 4. The van der Waals surface area contributed by atoms with Crippen LogP contribution in [0.4, 0.5) is 11.4 Å². The Bertz CT molecular complexity index is 1330. The van der Waals surface area contributed by atoms with Gasteiger partial charge in [-0.05, 0) is 48.5 Å². The zero-order valence-electron chi connectivity index (χ0n) is 19.9. The van der Waals surface area contributed by atoms with Crippen molar-refractivity contribution in [1.82, 2.24) is 20.3 Å². The molecule has 1 atom stereocenters. The number of para-hydroxylation sites is 1. The van der Waals surface area contributed by atoms with E-state index in [1.165, 1.54) is 29.9 Å². The minimum Gasteiger partial charge on any atom is -0.467 e. The summed E-state index contributed by atoms with van der Waals surface area (Å²) in [6.07, 6.45) is 1.44. The predicted molar refractivity (Wildman–Crippen MR) is 132 cm³/mol. The predicted octanol–water partition coefficient (Wildman–Crippen LogP) is 2.52. The molecule has 3 amide bonds. The highest BCUT2D eigenvalue weighted by atomic mass is 16.5. The summed E-state index contributed by atoms with van der Waals surface area (Å²) >= 11 is 0. The van der Waals surface area contributed by atoms with Gasteiger partial charge in [0.05, 0.1) is 18.4 Å². The normalized spacial score (nSPS) is 11.7. The number of hydrogen-bond donors (Lipinski definition) is 2. The number of furan rings is 1. The summed E-state index contributed by atoms with van der Waals surface area (Å²) in [5.74, 6) is -0.793. The van der Waals surface area contributed by atoms with Crippen LogP contribution in [0.25, 0.3) is 11.0 Å². The zero-order valence-corrected chi connectivity index (χ0v) is 19.9. The van der Waals surface area contributed by atoms with Crippen LogP contribution in [-0.2, 0) is 25.7 Å². The number of hydrogen-bond acceptors (Lipinski definition) is 7. The first-order valence-corrected chi connectivity index (χ1v) is 11.3. The number of nitrogens with one attached hydrogen (secondary N) is 2. The molecule has 2 aromatic carbocycles. The van der Waals surface area contributed by atoms with E-state index < -0.39 is 17.9 Å². The van der Waals surface area contributed by atoms with Gasteiger partial charge in [-0.15, -0.1) is 5.10 Å². The molecular weight excluding hydrogens is 464 g/mol. The van der Waals surface area contributed by atoms with Gasteiger partial charge in [0.15, 0.2) is 6.04 Å². The average Bonchev–Trinajstić information content (AvgIpc) is 3.53. The smallest absolute Gasteiger partial charge is 0.251 e. The number of anilines is 2. The quantitative estimate of drug-likeness (QED) is 0.327. The van der Waals surface area contributed by atoms with Crippen LogP contribution in [0.5, 0.6) is 0 Å². The van der Waals surface area contributed by atoms with Crippen LogP contribution in [0.1, 0.15) is 18.7 Å². The van der Waals surface area contributed by atoms with Gasteiger partial charge in [-0.3, -0.25) is 19.3 Å². The molecule has 0 spiro atoms. The number of fused-ring (bicyclic) bond motifs is 1. The Morgan fingerprint density at radius 3 is 2.56 bits per heavy atom. The molecule has 11 heteroatoms. The number of aromatic nitrogens is 3. The summed E-state index contributed by atoms with van der Waals surface area (Å²) in [7, 11) is 1.53. The van der Waals surface area contributed by atoms with Crippen molar-refractivity contribution in [2.24, 2.45) is 0 Å². The molecule has 2 N–H and O–H groups in total. The molecular formula is C25H26N6O5. The van der Waals surface area contributed by atoms with Gasteiger partial charge >= 0.3 is 0 Å². The SMILES string of the molecule is COCCNC(=O)C(c1ccco1)N(C(=O)Cn1nnc2ccccc21)c1ccc(NC(C)=O)cc1. The van der Waals surface area contributed by atoms with Crippen molar-refractivity contribution < 1.29 is 23.5 Å². The van der Waals surface area contributed by atoms with Crippen LogP contribution in [-0.4, -0.2) is 53.0 Å². The molecule has 0 aliphatic rings. The molecule has 0 aliphatic carbocycles. The first-order chi connectivity index (χ1) is 17.5. The molecule has 1 unspecified atom stereocenters. The first kappa shape index (κ1) is 24.6. The maximum absolute atomic E-state index is 13.8. The van der Waals surface area contributed by atoms with E-state index in [1.54, 1.807) is 42.5 Å². The molecule has 0 saturated heterocycles. The maximum Gasteiger partial charge on any atom is 0.251 e. The van der Waals surface area contributed by atoms with Crippen molar-refractivity contribution in [2.75, 3.05) is 30.5 Å². The number of carbonyl (C=O) groups excluding carboxylic acids is 3. The van der Waals surface area contributed by atoms with Gasteiger partial charge in [0.25, 0.3) is 5.91 Å². The van der Waals surface area contributed by atoms with Gasteiger partial charge in [0.1, 0.15) is 17.8 Å². The van der Waals surface area contributed by atoms with E-state index in [1.807, 2.05) is 18.2 Å². The van der Waals surface area contributed by atoms with Gasteiger partial charge in [0.2, 0.25) is 11.8 Å². The van der Waals surface area contributed by atoms with Crippen LogP contribution in [0.2, 0.25) is 0 Å². The Kier molecular flexibility index (Phi) is 7.71. The Labute approximate surface area is 207 Å². The van der Waals surface area contributed by atoms with E-state index in [4.69, 9.17) is 9.15 Å². The second kappa shape index (κ2) is 11.3. The Hall–Kier alpha value is -4.51. The van der Waals surface area contributed by atoms with E-state index in [0.717, 1.165) is 0 Å². The molecule has 0 bridgehead atoms. The summed E-state index contributed by atoms with van der Waals surface area (Å²) in [5, 5.41) is 13.7. The Morgan fingerprint density at radius 1 is 1.08 bits per heavy atom. The number of carbonyl (C=O) groups is 3. The summed E-state index contributed by atoms with van der Waals surface area (Å²) < 4.78 is 12.1. The minimum absolute atomic E-state index is 0.170. The number of ether oxygens (including phenoxy) is 1. The van der Waals surface area contributed by atoms with E-state index >= 15 is 0 Å². The lowest BCUT2D eigenvalue weighted by atomic mass is 10.1. The van der Waals surface area contributed by atoms with Crippen molar-refractivity contribution in [2.45, 2.75) is 19.5 Å². The van der Waals surface area contributed by atoms with Gasteiger partial charge in [-0.2, -0.15) is 0 Å². The van der Waals surface area contributed by atoms with E-state index in [-0.39, 0.29) is 24.8 Å². The molecule has 36 heavy (non-hydrogen) atoms. The maximum atomic E-state index is 13.8. The third-order valence-electron chi connectivity index (χ3n) is 5.36. The Morgan fingerprint density at radius 2 is 1.86 bits per heavy atom. The van der Waals surface area contributed by atoms with Crippen LogP contribution in [0.15, 0.2) is 71.3 Å². The summed E-state index contributed by atoms with van der Waals surface area (Å²) in [6.45, 7) is 1.80. The van der Waals surface area contributed by atoms with Crippen molar-refractivity contribution >= 4 is 40.1 Å². The highest BCUT2D eigenvalue weighted by Crippen LogP contribution is 2.30. The summed E-state index contributed by atoms with van der Waals surface area (Å²) in [4.78, 5) is 40.0. The Balaban J connectivity index is 1.73. The lowest BCUT2D eigenvalue weighted by Gasteiger charge is -2.30. The van der Waals surface area contributed by atoms with Crippen LogP contribution in [0, 0.1) is 0 Å². The number of amides is 3. The fourth-order valence-electron chi connectivity index (χ4n) is 3.78. The van der Waals surface area contributed by atoms with E-state index in [0.29, 0.717) is 29.0 Å². The summed E-state index contributed by atoms with van der Waals surface area (Å²) in [6, 6.07) is 16.1. The second-order valence-electron chi connectivity index (χ2n) is 7.93. The average molecular weight is 491 g/mol. The van der Waals surface area contributed by atoms with Gasteiger partial charge < -0.3 is 19.8 Å². The molecule has 2 aromatic heterocycles. The molecule has 0 radical (unpaired) electrons. The van der Waals surface area contributed by atoms with Crippen molar-refractivity contribution in [3.8, 4) is 0 Å². The highest BCUT2D eigenvalue weighted by Gasteiger charge is 2.35. The van der Waals surface area contributed by atoms with Crippen LogP contribution < -0.4 is 15.5 Å². The standard InChI is InChI=1S/C25H26N6O5/c1-17(32)27-18-9-11-19(12-10-18)31(23(33)16-30-21-7-4-3-6-20(21)28-29-30)24(22-8-5-14-36-22)25(34)26-13-15-35-2/h3-12,14,24H,13,15-16H2,1-2H3,(H,26,34)(H,27,32). The summed E-state index contributed by atoms with van der Waals surface area (Å²) in [5.41, 5.74) is 2.32. The lowest BCUT2D eigenvalue weighted by molar-refractivity contribution is -0.127. The molecule has 2 heterocycles. The second-order valence-corrected chi connectivity index (χ2v) is 7.93. The number of methoxy groups -OCH3 is 1. The first-order valence-electron chi connectivity index (χ1n) is 11.3. The van der Waals surface area contributed by atoms with Crippen molar-refractivity contribution in [3.63, 3.8) is 0 Å². The topological polar surface area (TPSA) is 132 Å². The molecule has 0 saturated carbocycles. The molecule has 0 fully saturated rings. The van der Waals surface area contributed by atoms with E-state index in [9.17, 15) is 14.4 Å². The number of benzene rings is 2. The molecule has 4 rings (SSSR count). The van der Waals surface area contributed by atoms with Crippen molar-refractivity contribution in [1.29, 1.82) is 0 Å². The monoisotopic (exact) mass is 490 g/mol. The molecule has 0 aliphatic heterocycles. The van der Waals surface area contributed by atoms with Gasteiger partial charge in [-0.25, -0.2) is 4.68 Å². The molecule has 11 nitrogen and oxygen atoms in total. The lowest BCUT2D eigenvalue weighted by Crippen LogP contribution is -2.45. The minimum atomic E-state index is -1.11. The van der Waals surface area contributed by atoms with Gasteiger partial charge in [-0.1, -0.05) is 17.3 Å². The van der Waals surface area contributed by atoms with E-state index in [2.05, 4.69) is 20.9 Å². The van der Waals surface area contributed by atoms with Crippen LogP contribution in [0.3, 0.4) is 0 Å². The van der Waals surface area contributed by atoms with Crippen molar-refractivity contribution in [3.05, 3.63) is 72.7 Å². The highest BCUT2D eigenvalue weighted by molar-refractivity contribution is 6.01. The molecule has 186 valence electrons. The third kappa shape index (κ3) is 5.58. The zero-order chi connectivity index (χ0) is 25.5. The third-order valence-corrected chi connectivity index (χ3v) is 5.36. The fourth-order valence-corrected chi connectivity index (χ4v) is 3.78. The largest absolute Gasteiger partial charge is 0.467 e. The van der Waals surface area contributed by atoms with Crippen LogP contribution >= 0.6 is 0 Å². The number of rotatable bonds is 10.